The van der Waals surface area contributed by atoms with E-state index in [1.165, 1.54) is 11.1 Å². The van der Waals surface area contributed by atoms with E-state index in [2.05, 4.69) is 22.8 Å². The van der Waals surface area contributed by atoms with Gasteiger partial charge in [0.05, 0.1) is 25.9 Å². The van der Waals surface area contributed by atoms with Crippen molar-refractivity contribution in [2.75, 3.05) is 33.5 Å². The molecule has 0 radical (unpaired) electrons. The molecule has 5 heteroatoms. The van der Waals surface area contributed by atoms with Crippen molar-refractivity contribution in [3.05, 3.63) is 35.4 Å². The van der Waals surface area contributed by atoms with Crippen LogP contribution in [0.1, 0.15) is 11.1 Å². The number of hydrogen-bond donors (Lipinski definition) is 2. The Labute approximate surface area is 119 Å². The molecule has 0 bridgehead atoms. The number of amides is 1. The number of carbonyl (C=O) groups excluding carboxylic acids is 1. The second-order valence-electron chi connectivity index (χ2n) is 4.80. The number of fused-ring (bicyclic) bond motifs is 1. The summed E-state index contributed by atoms with van der Waals surface area (Å²) in [5.74, 6) is 0.0369. The number of ether oxygens (including phenoxy) is 2. The molecule has 1 aromatic carbocycles. The van der Waals surface area contributed by atoms with E-state index in [0.717, 1.165) is 13.0 Å². The Hall–Kier alpha value is -1.43. The van der Waals surface area contributed by atoms with Crippen molar-refractivity contribution in [1.29, 1.82) is 0 Å². The van der Waals surface area contributed by atoms with Crippen molar-refractivity contribution in [3.8, 4) is 0 Å². The van der Waals surface area contributed by atoms with Crippen LogP contribution in [0.25, 0.3) is 0 Å². The van der Waals surface area contributed by atoms with E-state index in [1.807, 2.05) is 12.1 Å². The van der Waals surface area contributed by atoms with Crippen LogP contribution in [0.4, 0.5) is 0 Å². The molecule has 0 saturated carbocycles. The monoisotopic (exact) mass is 278 g/mol. The topological polar surface area (TPSA) is 59.6 Å². The first kappa shape index (κ1) is 15.0. The van der Waals surface area contributed by atoms with Gasteiger partial charge >= 0.3 is 0 Å². The molecule has 0 unspecified atom stereocenters. The van der Waals surface area contributed by atoms with Crippen LogP contribution in [-0.4, -0.2) is 45.4 Å². The van der Waals surface area contributed by atoms with Crippen molar-refractivity contribution in [3.63, 3.8) is 0 Å². The Kier molecular flexibility index (Phi) is 5.98. The Bertz CT molecular complexity index is 437. The number of carbonyl (C=O) groups is 1. The predicted octanol–water partition coefficient (Wildman–Crippen LogP) is 0.480. The van der Waals surface area contributed by atoms with Gasteiger partial charge in [0.2, 0.25) is 5.91 Å². The molecular formula is C15H22N2O3. The zero-order valence-corrected chi connectivity index (χ0v) is 11.9. The fourth-order valence-electron chi connectivity index (χ4n) is 2.25. The van der Waals surface area contributed by atoms with Gasteiger partial charge in [-0.2, -0.15) is 0 Å². The Morgan fingerprint density at radius 2 is 2.10 bits per heavy atom. The molecule has 110 valence electrons. The zero-order valence-electron chi connectivity index (χ0n) is 11.9. The zero-order chi connectivity index (χ0) is 14.2. The minimum Gasteiger partial charge on any atom is -0.382 e. The molecular weight excluding hydrogens is 256 g/mol. The van der Waals surface area contributed by atoms with Crippen LogP contribution < -0.4 is 10.6 Å². The van der Waals surface area contributed by atoms with Gasteiger partial charge in [0.15, 0.2) is 0 Å². The molecule has 0 fully saturated rings. The van der Waals surface area contributed by atoms with Crippen LogP contribution in [0.3, 0.4) is 0 Å². The lowest BCUT2D eigenvalue weighted by atomic mass is 9.95. The van der Waals surface area contributed by atoms with E-state index in [4.69, 9.17) is 9.47 Å². The summed E-state index contributed by atoms with van der Waals surface area (Å²) in [6.07, 6.45) is 0.743. The molecule has 1 heterocycles. The maximum absolute atomic E-state index is 12.0. The maximum Gasteiger partial charge on any atom is 0.237 e. The van der Waals surface area contributed by atoms with E-state index in [-0.39, 0.29) is 11.9 Å². The van der Waals surface area contributed by atoms with Crippen LogP contribution in [0.5, 0.6) is 0 Å². The summed E-state index contributed by atoms with van der Waals surface area (Å²) >= 11 is 0. The lowest BCUT2D eigenvalue weighted by molar-refractivity contribution is -0.123. The van der Waals surface area contributed by atoms with Crippen molar-refractivity contribution in [2.45, 2.75) is 19.0 Å². The fraction of sp³-hybridized carbons (Fsp3) is 0.533. The molecule has 1 aliphatic heterocycles. The molecule has 1 amide bonds. The highest BCUT2D eigenvalue weighted by atomic mass is 16.5. The van der Waals surface area contributed by atoms with Gasteiger partial charge in [-0.25, -0.2) is 0 Å². The maximum atomic E-state index is 12.0. The smallest absolute Gasteiger partial charge is 0.237 e. The summed E-state index contributed by atoms with van der Waals surface area (Å²) in [4.78, 5) is 12.0. The third kappa shape index (κ3) is 4.30. The van der Waals surface area contributed by atoms with E-state index >= 15 is 0 Å². The van der Waals surface area contributed by atoms with Gasteiger partial charge in [-0.15, -0.1) is 0 Å². The Morgan fingerprint density at radius 3 is 2.90 bits per heavy atom. The summed E-state index contributed by atoms with van der Waals surface area (Å²) in [5.41, 5.74) is 2.53. The van der Waals surface area contributed by atoms with E-state index in [9.17, 15) is 4.79 Å². The highest BCUT2D eigenvalue weighted by Gasteiger charge is 2.23. The fourth-order valence-corrected chi connectivity index (χ4v) is 2.25. The minimum absolute atomic E-state index is 0.0369. The van der Waals surface area contributed by atoms with E-state index < -0.39 is 0 Å². The van der Waals surface area contributed by atoms with E-state index in [0.29, 0.717) is 26.4 Å². The van der Waals surface area contributed by atoms with Crippen molar-refractivity contribution < 1.29 is 14.3 Å². The van der Waals surface area contributed by atoms with Crippen LogP contribution in [-0.2, 0) is 27.2 Å². The summed E-state index contributed by atoms with van der Waals surface area (Å²) in [6.45, 7) is 2.93. The minimum atomic E-state index is -0.149. The third-order valence-corrected chi connectivity index (χ3v) is 3.38. The summed E-state index contributed by atoms with van der Waals surface area (Å²) in [5, 5.41) is 6.16. The van der Waals surface area contributed by atoms with Gasteiger partial charge in [-0.05, 0) is 17.5 Å². The third-order valence-electron chi connectivity index (χ3n) is 3.38. The normalized spacial score (nSPS) is 17.6. The number of methoxy groups -OCH3 is 1. The SMILES string of the molecule is COCCOCCNC(=O)[C@H]1Cc2ccccc2CN1. The lowest BCUT2D eigenvalue weighted by Gasteiger charge is -2.25. The first-order valence-electron chi connectivity index (χ1n) is 6.96. The molecule has 1 atom stereocenters. The molecule has 2 rings (SSSR count). The molecule has 0 spiro atoms. The van der Waals surface area contributed by atoms with Gasteiger partial charge in [0.25, 0.3) is 0 Å². The summed E-state index contributed by atoms with van der Waals surface area (Å²) < 4.78 is 10.2. The molecule has 2 N–H and O–H groups in total. The van der Waals surface area contributed by atoms with Gasteiger partial charge in [0, 0.05) is 20.2 Å². The van der Waals surface area contributed by atoms with Crippen LogP contribution in [0, 0.1) is 0 Å². The number of hydrogen-bond acceptors (Lipinski definition) is 4. The Balaban J connectivity index is 1.69. The van der Waals surface area contributed by atoms with Gasteiger partial charge in [-0.3, -0.25) is 4.79 Å². The molecule has 0 saturated heterocycles. The molecule has 0 aliphatic carbocycles. The molecule has 5 nitrogen and oxygen atoms in total. The predicted molar refractivity (Wildman–Crippen MR) is 76.5 cm³/mol. The van der Waals surface area contributed by atoms with Crippen molar-refractivity contribution >= 4 is 5.91 Å². The van der Waals surface area contributed by atoms with Crippen molar-refractivity contribution in [2.24, 2.45) is 0 Å². The average Bonchev–Trinajstić information content (AvgIpc) is 2.50. The summed E-state index contributed by atoms with van der Waals surface area (Å²) in [6, 6.07) is 8.08. The first-order chi connectivity index (χ1) is 9.81. The molecule has 0 aromatic heterocycles. The highest BCUT2D eigenvalue weighted by Crippen LogP contribution is 2.16. The van der Waals surface area contributed by atoms with Crippen LogP contribution in [0.15, 0.2) is 24.3 Å². The second kappa shape index (κ2) is 7.99. The summed E-state index contributed by atoms with van der Waals surface area (Å²) in [7, 11) is 1.64. The number of benzene rings is 1. The number of rotatable bonds is 7. The Morgan fingerprint density at radius 1 is 1.30 bits per heavy atom. The van der Waals surface area contributed by atoms with Gasteiger partial charge in [0.1, 0.15) is 0 Å². The second-order valence-corrected chi connectivity index (χ2v) is 4.80. The van der Waals surface area contributed by atoms with Crippen LogP contribution >= 0.6 is 0 Å². The molecule has 20 heavy (non-hydrogen) atoms. The quantitative estimate of drug-likeness (QED) is 0.712. The largest absolute Gasteiger partial charge is 0.382 e. The lowest BCUT2D eigenvalue weighted by Crippen LogP contribution is -2.48. The van der Waals surface area contributed by atoms with E-state index in [1.54, 1.807) is 7.11 Å². The standard InChI is InChI=1S/C15H22N2O3/c1-19-8-9-20-7-6-16-15(18)14-10-12-4-2-3-5-13(12)11-17-14/h2-5,14,17H,6-11H2,1H3,(H,16,18)/t14-/m1/s1. The molecule has 1 aromatic rings. The molecule has 1 aliphatic rings. The van der Waals surface area contributed by atoms with Crippen molar-refractivity contribution in [1.82, 2.24) is 10.6 Å². The average molecular weight is 278 g/mol. The highest BCUT2D eigenvalue weighted by molar-refractivity contribution is 5.82. The first-order valence-corrected chi connectivity index (χ1v) is 6.96. The van der Waals surface area contributed by atoms with Gasteiger partial charge in [-0.1, -0.05) is 24.3 Å². The van der Waals surface area contributed by atoms with Crippen LogP contribution in [0.2, 0.25) is 0 Å². The van der Waals surface area contributed by atoms with Gasteiger partial charge < -0.3 is 20.1 Å². The number of nitrogens with one attached hydrogen (secondary N) is 2.